The summed E-state index contributed by atoms with van der Waals surface area (Å²) in [5.41, 5.74) is 2.74. The highest BCUT2D eigenvalue weighted by molar-refractivity contribution is 7.93. The molecule has 3 aromatic rings. The number of anilines is 2. The van der Waals surface area contributed by atoms with Crippen LogP contribution in [0.2, 0.25) is 0 Å². The maximum absolute atomic E-state index is 12.7. The summed E-state index contributed by atoms with van der Waals surface area (Å²) in [6, 6.07) is 9.27. The van der Waals surface area contributed by atoms with Crippen molar-refractivity contribution in [3.8, 4) is 11.3 Å². The van der Waals surface area contributed by atoms with E-state index < -0.39 is 10.0 Å². The minimum Gasteiger partial charge on any atom is -0.346 e. The molecule has 0 radical (unpaired) electrons. The van der Waals surface area contributed by atoms with Crippen LogP contribution in [0.25, 0.3) is 22.3 Å². The molecule has 2 fully saturated rings. The van der Waals surface area contributed by atoms with E-state index >= 15 is 0 Å². The zero-order valence-electron chi connectivity index (χ0n) is 17.1. The fraction of sp³-hybridized carbons (Fsp3) is 0.409. The molecule has 0 atom stereocenters. The number of fused-ring (bicyclic) bond motifs is 1. The van der Waals surface area contributed by atoms with Gasteiger partial charge in [0.05, 0.1) is 10.9 Å². The molecule has 0 aliphatic heterocycles. The Bertz CT molecular complexity index is 1200. The average Bonchev–Trinajstić information content (AvgIpc) is 3.50. The first kappa shape index (κ1) is 20.0. The minimum absolute atomic E-state index is 0.161. The summed E-state index contributed by atoms with van der Waals surface area (Å²) in [4.78, 5) is 25.5. The topological polar surface area (TPSA) is 108 Å². The van der Waals surface area contributed by atoms with E-state index in [1.54, 1.807) is 23.2 Å². The zero-order chi connectivity index (χ0) is 21.4. The van der Waals surface area contributed by atoms with Gasteiger partial charge in [-0.05, 0) is 43.9 Å². The van der Waals surface area contributed by atoms with Crippen molar-refractivity contribution in [2.75, 3.05) is 9.62 Å². The van der Waals surface area contributed by atoms with Crippen LogP contribution in [0, 0.1) is 0 Å². The van der Waals surface area contributed by atoms with E-state index in [0.717, 1.165) is 62.3 Å². The van der Waals surface area contributed by atoms with Crippen molar-refractivity contribution >= 4 is 39.1 Å². The van der Waals surface area contributed by atoms with Gasteiger partial charge in [0.1, 0.15) is 5.65 Å². The lowest BCUT2D eigenvalue weighted by Gasteiger charge is -2.22. The number of rotatable bonds is 7. The van der Waals surface area contributed by atoms with E-state index in [2.05, 4.69) is 19.7 Å². The third kappa shape index (κ3) is 4.01. The molecular formula is C22H25N5O3S. The molecule has 8 nitrogen and oxygen atoms in total. The fourth-order valence-corrected chi connectivity index (χ4v) is 5.82. The maximum Gasteiger partial charge on any atom is 0.235 e. The van der Waals surface area contributed by atoms with Gasteiger partial charge in [-0.3, -0.25) is 14.4 Å². The second kappa shape index (κ2) is 7.96. The largest absolute Gasteiger partial charge is 0.346 e. The Morgan fingerprint density at radius 2 is 1.74 bits per heavy atom. The summed E-state index contributed by atoms with van der Waals surface area (Å²) in [6.45, 7) is 0. The first-order valence-corrected chi connectivity index (χ1v) is 12.3. The van der Waals surface area contributed by atoms with Crippen LogP contribution < -0.4 is 9.62 Å². The summed E-state index contributed by atoms with van der Waals surface area (Å²) >= 11 is 0. The molecule has 0 bridgehead atoms. The molecule has 2 aromatic heterocycles. The molecule has 2 N–H and O–H groups in total. The monoisotopic (exact) mass is 439 g/mol. The third-order valence-electron chi connectivity index (χ3n) is 6.10. The number of carbonyl (C=O) groups excluding carboxylic acids is 1. The Kier molecular flexibility index (Phi) is 5.13. The fourth-order valence-electron chi connectivity index (χ4n) is 4.23. The molecule has 9 heteroatoms. The normalized spacial score (nSPS) is 17.5. The molecule has 0 spiro atoms. The molecule has 1 amide bonds. The molecular weight excluding hydrogens is 414 g/mol. The van der Waals surface area contributed by atoms with Crippen LogP contribution in [0.15, 0.2) is 36.5 Å². The Balaban J connectivity index is 1.44. The van der Waals surface area contributed by atoms with Crippen LogP contribution in [0.1, 0.15) is 44.9 Å². The second-order valence-electron chi connectivity index (χ2n) is 8.34. The number of H-pyrrole nitrogens is 1. The summed E-state index contributed by atoms with van der Waals surface area (Å²) in [5, 5.41) is 0.530. The van der Waals surface area contributed by atoms with E-state index in [4.69, 9.17) is 0 Å². The van der Waals surface area contributed by atoms with Crippen molar-refractivity contribution in [1.82, 2.24) is 15.0 Å². The number of aromatic nitrogens is 3. The molecule has 162 valence electrons. The second-order valence-corrected chi connectivity index (χ2v) is 10.3. The minimum atomic E-state index is -3.39. The smallest absolute Gasteiger partial charge is 0.235 e. The first-order chi connectivity index (χ1) is 15.0. The van der Waals surface area contributed by atoms with Crippen LogP contribution in [-0.2, 0) is 14.8 Å². The maximum atomic E-state index is 12.7. The van der Waals surface area contributed by atoms with E-state index in [9.17, 15) is 13.2 Å². The van der Waals surface area contributed by atoms with Crippen molar-refractivity contribution in [2.45, 2.75) is 56.2 Å². The standard InChI is InChI=1S/C22H25N5O3S/c28-14-27(17-10-11-17)22-24-20(19-12-13-23-21(19)25-22)15-6-8-16(9-7-15)26-31(29,30)18-4-2-1-3-5-18/h6-9,12-14,17-18,26H,1-5,10-11H2,(H,23,24,25). The van der Waals surface area contributed by atoms with Gasteiger partial charge >= 0.3 is 0 Å². The molecule has 31 heavy (non-hydrogen) atoms. The van der Waals surface area contributed by atoms with E-state index in [1.165, 1.54) is 0 Å². The predicted octanol–water partition coefficient (Wildman–Crippen LogP) is 3.82. The van der Waals surface area contributed by atoms with Crippen LogP contribution in [-0.4, -0.2) is 41.1 Å². The Labute approximate surface area is 181 Å². The lowest BCUT2D eigenvalue weighted by molar-refractivity contribution is -0.107. The molecule has 0 unspecified atom stereocenters. The molecule has 1 aromatic carbocycles. The Morgan fingerprint density at radius 3 is 2.42 bits per heavy atom. The number of carbonyl (C=O) groups is 1. The van der Waals surface area contributed by atoms with Gasteiger partial charge in [-0.15, -0.1) is 0 Å². The SMILES string of the molecule is O=CN(c1nc(-c2ccc(NS(=O)(=O)C3CCCCC3)cc2)c2cc[nH]c2n1)C1CC1. The highest BCUT2D eigenvalue weighted by Crippen LogP contribution is 2.33. The number of aromatic amines is 1. The number of sulfonamides is 1. The van der Waals surface area contributed by atoms with Crippen LogP contribution >= 0.6 is 0 Å². The van der Waals surface area contributed by atoms with Crippen LogP contribution in [0.3, 0.4) is 0 Å². The Morgan fingerprint density at radius 1 is 1.00 bits per heavy atom. The summed E-state index contributed by atoms with van der Waals surface area (Å²) in [7, 11) is -3.39. The van der Waals surface area contributed by atoms with Crippen LogP contribution in [0.4, 0.5) is 11.6 Å². The number of benzene rings is 1. The van der Waals surface area contributed by atoms with Gasteiger partial charge < -0.3 is 4.98 Å². The van der Waals surface area contributed by atoms with Gasteiger partial charge in [-0.1, -0.05) is 31.4 Å². The van der Waals surface area contributed by atoms with Crippen molar-refractivity contribution in [1.29, 1.82) is 0 Å². The third-order valence-corrected chi connectivity index (χ3v) is 7.97. The van der Waals surface area contributed by atoms with E-state index in [1.807, 2.05) is 18.2 Å². The van der Waals surface area contributed by atoms with Gasteiger partial charge in [-0.2, -0.15) is 4.98 Å². The van der Waals surface area contributed by atoms with Crippen LogP contribution in [0.5, 0.6) is 0 Å². The van der Waals surface area contributed by atoms with Crippen molar-refractivity contribution in [2.24, 2.45) is 0 Å². The quantitative estimate of drug-likeness (QED) is 0.544. The van der Waals surface area contributed by atoms with Gasteiger partial charge in [-0.25, -0.2) is 13.4 Å². The highest BCUT2D eigenvalue weighted by Gasteiger charge is 2.31. The number of hydrogen-bond donors (Lipinski definition) is 2. The molecule has 2 aliphatic carbocycles. The molecule has 2 heterocycles. The van der Waals surface area contributed by atoms with Gasteiger partial charge in [0.2, 0.25) is 22.4 Å². The number of nitrogens with zero attached hydrogens (tertiary/aromatic N) is 3. The van der Waals surface area contributed by atoms with Crippen molar-refractivity contribution < 1.29 is 13.2 Å². The first-order valence-electron chi connectivity index (χ1n) is 10.8. The lowest BCUT2D eigenvalue weighted by atomic mass is 10.0. The summed E-state index contributed by atoms with van der Waals surface area (Å²) in [6.07, 6.45) is 8.96. The van der Waals surface area contributed by atoms with E-state index in [0.29, 0.717) is 23.0 Å². The van der Waals surface area contributed by atoms with Crippen molar-refractivity contribution in [3.63, 3.8) is 0 Å². The van der Waals surface area contributed by atoms with Gasteiger partial charge in [0.15, 0.2) is 0 Å². The Hall–Kier alpha value is -2.94. The van der Waals surface area contributed by atoms with Gasteiger partial charge in [0, 0.05) is 28.9 Å². The summed E-state index contributed by atoms with van der Waals surface area (Å²) in [5.74, 6) is 0.379. The molecule has 0 saturated heterocycles. The number of nitrogens with one attached hydrogen (secondary N) is 2. The van der Waals surface area contributed by atoms with E-state index in [-0.39, 0.29) is 11.3 Å². The average molecular weight is 440 g/mol. The molecule has 5 rings (SSSR count). The highest BCUT2D eigenvalue weighted by atomic mass is 32.2. The number of amides is 1. The number of hydrogen-bond acceptors (Lipinski definition) is 5. The lowest BCUT2D eigenvalue weighted by Crippen LogP contribution is -2.29. The van der Waals surface area contributed by atoms with Gasteiger partial charge in [0.25, 0.3) is 0 Å². The molecule has 2 aliphatic rings. The van der Waals surface area contributed by atoms with Crippen molar-refractivity contribution in [3.05, 3.63) is 36.5 Å². The zero-order valence-corrected chi connectivity index (χ0v) is 17.9. The predicted molar refractivity (Wildman–Crippen MR) is 120 cm³/mol. The molecule has 2 saturated carbocycles. The summed E-state index contributed by atoms with van der Waals surface area (Å²) < 4.78 is 28.1.